The van der Waals surface area contributed by atoms with E-state index in [4.69, 9.17) is 14.2 Å². The van der Waals surface area contributed by atoms with Crippen LogP contribution in [0, 0.1) is 0 Å². The number of methoxy groups -OCH3 is 3. The van der Waals surface area contributed by atoms with Crippen LogP contribution in [0.1, 0.15) is 19.4 Å². The number of ether oxygens (including phenoxy) is 3. The highest BCUT2D eigenvalue weighted by atomic mass is 16.5. The lowest BCUT2D eigenvalue weighted by molar-refractivity contribution is 0.0230. The normalized spacial score (nSPS) is 11.4. The lowest BCUT2D eigenvalue weighted by Crippen LogP contribution is -2.36. The maximum atomic E-state index is 5.35. The zero-order valence-corrected chi connectivity index (χ0v) is 11.9. The zero-order valence-electron chi connectivity index (χ0n) is 11.9. The van der Waals surface area contributed by atoms with Gasteiger partial charge in [-0.2, -0.15) is 0 Å². The first kappa shape index (κ1) is 14.8. The minimum Gasteiger partial charge on any atom is -0.497 e. The molecule has 0 saturated heterocycles. The van der Waals surface area contributed by atoms with Crippen molar-refractivity contribution in [1.29, 1.82) is 0 Å². The molecule has 1 aromatic carbocycles. The largest absolute Gasteiger partial charge is 0.497 e. The lowest BCUT2D eigenvalue weighted by Gasteiger charge is -2.23. The molecule has 4 heteroatoms. The first-order chi connectivity index (χ1) is 8.52. The molecule has 0 aliphatic heterocycles. The van der Waals surface area contributed by atoms with E-state index < -0.39 is 0 Å². The SMILES string of the molecule is COc1ccc(CNCC(C)(C)OC)c(OC)c1. The molecule has 1 rings (SSSR count). The van der Waals surface area contributed by atoms with Gasteiger partial charge in [-0.25, -0.2) is 0 Å². The molecule has 0 radical (unpaired) electrons. The standard InChI is InChI=1S/C14H23NO3/c1-14(2,18-5)10-15-9-11-6-7-12(16-3)8-13(11)17-4/h6-8,15H,9-10H2,1-5H3. The number of hydrogen-bond acceptors (Lipinski definition) is 4. The minimum atomic E-state index is -0.167. The Morgan fingerprint density at radius 3 is 2.39 bits per heavy atom. The fraction of sp³-hybridized carbons (Fsp3) is 0.571. The second kappa shape index (κ2) is 6.61. The maximum Gasteiger partial charge on any atom is 0.127 e. The summed E-state index contributed by atoms with van der Waals surface area (Å²) in [5.74, 6) is 1.63. The van der Waals surface area contributed by atoms with E-state index in [9.17, 15) is 0 Å². The van der Waals surface area contributed by atoms with Crippen molar-refractivity contribution >= 4 is 0 Å². The number of rotatable bonds is 7. The molecule has 0 bridgehead atoms. The van der Waals surface area contributed by atoms with Gasteiger partial charge in [-0.1, -0.05) is 6.07 Å². The molecule has 0 heterocycles. The fourth-order valence-corrected chi connectivity index (χ4v) is 1.57. The topological polar surface area (TPSA) is 39.7 Å². The molecule has 0 aliphatic rings. The summed E-state index contributed by atoms with van der Waals surface area (Å²) in [4.78, 5) is 0. The molecule has 0 aliphatic carbocycles. The summed E-state index contributed by atoms with van der Waals surface area (Å²) in [6.07, 6.45) is 0. The van der Waals surface area contributed by atoms with Gasteiger partial charge in [0.05, 0.1) is 19.8 Å². The van der Waals surface area contributed by atoms with E-state index in [1.807, 2.05) is 32.0 Å². The summed E-state index contributed by atoms with van der Waals surface area (Å²) in [6, 6.07) is 5.82. The summed E-state index contributed by atoms with van der Waals surface area (Å²) in [7, 11) is 5.03. The Morgan fingerprint density at radius 2 is 1.83 bits per heavy atom. The Bertz CT molecular complexity index is 377. The first-order valence-electron chi connectivity index (χ1n) is 5.99. The van der Waals surface area contributed by atoms with Crippen LogP contribution < -0.4 is 14.8 Å². The molecular weight excluding hydrogens is 230 g/mol. The summed E-state index contributed by atoms with van der Waals surface area (Å²) in [5, 5.41) is 3.36. The summed E-state index contributed by atoms with van der Waals surface area (Å²) < 4.78 is 15.9. The molecule has 0 amide bonds. The predicted octanol–water partition coefficient (Wildman–Crippen LogP) is 2.22. The molecule has 0 spiro atoms. The van der Waals surface area contributed by atoms with E-state index in [2.05, 4.69) is 5.32 Å². The van der Waals surface area contributed by atoms with Gasteiger partial charge in [-0.05, 0) is 19.9 Å². The minimum absolute atomic E-state index is 0.167. The highest BCUT2D eigenvalue weighted by Gasteiger charge is 2.15. The van der Waals surface area contributed by atoms with E-state index in [1.165, 1.54) is 0 Å². The second-order valence-corrected chi connectivity index (χ2v) is 4.75. The van der Waals surface area contributed by atoms with Crippen LogP contribution in [0.2, 0.25) is 0 Å². The Labute approximate surface area is 109 Å². The van der Waals surface area contributed by atoms with Gasteiger partial charge < -0.3 is 19.5 Å². The van der Waals surface area contributed by atoms with Gasteiger partial charge in [0, 0.05) is 31.8 Å². The van der Waals surface area contributed by atoms with Crippen molar-refractivity contribution < 1.29 is 14.2 Å². The molecule has 1 aromatic rings. The molecule has 0 fully saturated rings. The van der Waals surface area contributed by atoms with Crippen molar-refractivity contribution in [3.05, 3.63) is 23.8 Å². The average molecular weight is 253 g/mol. The fourth-order valence-electron chi connectivity index (χ4n) is 1.57. The molecule has 18 heavy (non-hydrogen) atoms. The highest BCUT2D eigenvalue weighted by molar-refractivity contribution is 5.40. The Balaban J connectivity index is 2.62. The van der Waals surface area contributed by atoms with Crippen LogP contribution in [0.4, 0.5) is 0 Å². The Kier molecular flexibility index (Phi) is 5.44. The molecule has 0 aromatic heterocycles. The molecular formula is C14H23NO3. The van der Waals surface area contributed by atoms with Crippen molar-refractivity contribution in [3.63, 3.8) is 0 Å². The number of nitrogens with one attached hydrogen (secondary N) is 1. The van der Waals surface area contributed by atoms with Gasteiger partial charge in [0.2, 0.25) is 0 Å². The summed E-state index contributed by atoms with van der Waals surface area (Å²) >= 11 is 0. The van der Waals surface area contributed by atoms with Gasteiger partial charge in [-0.15, -0.1) is 0 Å². The highest BCUT2D eigenvalue weighted by Crippen LogP contribution is 2.24. The molecule has 0 atom stereocenters. The lowest BCUT2D eigenvalue weighted by atomic mass is 10.1. The smallest absolute Gasteiger partial charge is 0.127 e. The Hall–Kier alpha value is -1.26. The Morgan fingerprint density at radius 1 is 1.11 bits per heavy atom. The summed E-state index contributed by atoms with van der Waals surface area (Å²) in [5.41, 5.74) is 0.935. The van der Waals surface area contributed by atoms with Gasteiger partial charge in [0.1, 0.15) is 11.5 Å². The van der Waals surface area contributed by atoms with Gasteiger partial charge >= 0.3 is 0 Å². The van der Waals surface area contributed by atoms with E-state index in [0.717, 1.165) is 30.2 Å². The predicted molar refractivity (Wildman–Crippen MR) is 72.3 cm³/mol. The van der Waals surface area contributed by atoms with E-state index >= 15 is 0 Å². The third-order valence-electron chi connectivity index (χ3n) is 2.91. The first-order valence-corrected chi connectivity index (χ1v) is 5.99. The molecule has 0 unspecified atom stereocenters. The molecule has 1 N–H and O–H groups in total. The third kappa shape index (κ3) is 4.20. The van der Waals surface area contributed by atoms with E-state index in [1.54, 1.807) is 21.3 Å². The molecule has 0 saturated carbocycles. The van der Waals surface area contributed by atoms with Crippen molar-refractivity contribution in [2.75, 3.05) is 27.9 Å². The van der Waals surface area contributed by atoms with Crippen LogP contribution in [0.5, 0.6) is 11.5 Å². The van der Waals surface area contributed by atoms with Crippen LogP contribution >= 0.6 is 0 Å². The van der Waals surface area contributed by atoms with Crippen molar-refractivity contribution in [3.8, 4) is 11.5 Å². The molecule has 102 valence electrons. The quantitative estimate of drug-likeness (QED) is 0.809. The van der Waals surface area contributed by atoms with Crippen LogP contribution in [0.25, 0.3) is 0 Å². The van der Waals surface area contributed by atoms with Crippen LogP contribution in [0.15, 0.2) is 18.2 Å². The van der Waals surface area contributed by atoms with Crippen LogP contribution in [-0.2, 0) is 11.3 Å². The number of hydrogen-bond donors (Lipinski definition) is 1. The third-order valence-corrected chi connectivity index (χ3v) is 2.91. The average Bonchev–Trinajstić information content (AvgIpc) is 2.38. The van der Waals surface area contributed by atoms with Crippen molar-refractivity contribution in [2.45, 2.75) is 26.0 Å². The maximum absolute atomic E-state index is 5.35. The van der Waals surface area contributed by atoms with E-state index in [0.29, 0.717) is 0 Å². The van der Waals surface area contributed by atoms with Gasteiger partial charge in [0.15, 0.2) is 0 Å². The van der Waals surface area contributed by atoms with Gasteiger partial charge in [0.25, 0.3) is 0 Å². The van der Waals surface area contributed by atoms with Crippen LogP contribution in [-0.4, -0.2) is 33.5 Å². The van der Waals surface area contributed by atoms with Crippen molar-refractivity contribution in [1.82, 2.24) is 5.32 Å². The van der Waals surface area contributed by atoms with E-state index in [-0.39, 0.29) is 5.60 Å². The van der Waals surface area contributed by atoms with Crippen LogP contribution in [0.3, 0.4) is 0 Å². The van der Waals surface area contributed by atoms with Gasteiger partial charge in [-0.3, -0.25) is 0 Å². The van der Waals surface area contributed by atoms with Crippen molar-refractivity contribution in [2.24, 2.45) is 0 Å². The summed E-state index contributed by atoms with van der Waals surface area (Å²) in [6.45, 7) is 5.61. The molecule has 4 nitrogen and oxygen atoms in total. The second-order valence-electron chi connectivity index (χ2n) is 4.75. The number of benzene rings is 1. The monoisotopic (exact) mass is 253 g/mol. The zero-order chi connectivity index (χ0) is 13.6.